The molecule has 0 aromatic heterocycles. The van der Waals surface area contributed by atoms with E-state index in [0.717, 1.165) is 0 Å². The van der Waals surface area contributed by atoms with E-state index in [0.29, 0.717) is 0 Å². The summed E-state index contributed by atoms with van der Waals surface area (Å²) in [6, 6.07) is 0. The molecule has 0 bridgehead atoms. The van der Waals surface area contributed by atoms with E-state index in [-0.39, 0.29) is 32.9 Å². The van der Waals surface area contributed by atoms with Crippen LogP contribution in [0, 0.1) is 0 Å². The first-order valence-corrected chi connectivity index (χ1v) is 3.11. The zero-order valence-corrected chi connectivity index (χ0v) is 5.20. The predicted octanol–water partition coefficient (Wildman–Crippen LogP) is -0.250. The number of hydrogen-bond acceptors (Lipinski definition) is 2. The van der Waals surface area contributed by atoms with Crippen LogP contribution in [-0.4, -0.2) is 45.9 Å². The second-order valence-electron chi connectivity index (χ2n) is 0.650. The van der Waals surface area contributed by atoms with Gasteiger partial charge in [-0.1, -0.05) is 0 Å². The van der Waals surface area contributed by atoms with Crippen molar-refractivity contribution in [1.29, 1.82) is 0 Å². The van der Waals surface area contributed by atoms with E-state index in [4.69, 9.17) is 4.55 Å². The summed E-state index contributed by atoms with van der Waals surface area (Å²) in [5, 5.41) is 0. The molecule has 0 aliphatic heterocycles. The van der Waals surface area contributed by atoms with E-state index >= 15 is 0 Å². The molecular weight excluding hydrogens is 188 g/mol. The van der Waals surface area contributed by atoms with Crippen LogP contribution in [0.2, 0.25) is 0 Å². The Kier molecular flexibility index (Phi) is 6.53. The number of nitrogens with zero attached hydrogens (tertiary/aromatic N) is 1. The molecule has 0 rings (SSSR count). The van der Waals surface area contributed by atoms with Crippen molar-refractivity contribution >= 4 is 63.4 Å². The standard InChI is InChI=1S/Cl2HNO3S.Na.H/c1-3(2)7(4,5)6;;/h(H,4,5,6);;. The van der Waals surface area contributed by atoms with Crippen LogP contribution in [-0.2, 0) is 10.3 Å². The van der Waals surface area contributed by atoms with Crippen LogP contribution >= 0.6 is 23.6 Å². The van der Waals surface area contributed by atoms with Crippen LogP contribution in [0.3, 0.4) is 0 Å². The van der Waals surface area contributed by atoms with Gasteiger partial charge in [0.25, 0.3) is 0 Å². The van der Waals surface area contributed by atoms with Crippen LogP contribution in [0.4, 0.5) is 0 Å². The van der Waals surface area contributed by atoms with Crippen molar-refractivity contribution in [2.75, 3.05) is 0 Å². The summed E-state index contributed by atoms with van der Waals surface area (Å²) in [4.78, 5) is 0. The third-order valence-electron chi connectivity index (χ3n) is 0.174. The van der Waals surface area contributed by atoms with Crippen LogP contribution < -0.4 is 0 Å². The van der Waals surface area contributed by atoms with Crippen molar-refractivity contribution in [1.82, 2.24) is 3.34 Å². The summed E-state index contributed by atoms with van der Waals surface area (Å²) in [6.45, 7) is 0. The van der Waals surface area contributed by atoms with E-state index in [2.05, 4.69) is 23.6 Å². The predicted molar refractivity (Wildman–Crippen MR) is 32.2 cm³/mol. The molecule has 0 aliphatic rings. The second-order valence-corrected chi connectivity index (χ2v) is 3.16. The summed E-state index contributed by atoms with van der Waals surface area (Å²) in [5.41, 5.74) is 0. The fourth-order valence-electron chi connectivity index (χ4n) is 0. The van der Waals surface area contributed by atoms with Gasteiger partial charge < -0.3 is 0 Å². The molecular formula is H2Cl2NNaO3S. The first-order valence-electron chi connectivity index (χ1n) is 1.04. The molecule has 4 nitrogen and oxygen atoms in total. The topological polar surface area (TPSA) is 57.6 Å². The number of halogens is 2. The second kappa shape index (κ2) is 4.29. The minimum absolute atomic E-state index is 0. The number of rotatable bonds is 1. The molecule has 0 aliphatic carbocycles. The summed E-state index contributed by atoms with van der Waals surface area (Å²) >= 11 is 9.03. The summed E-state index contributed by atoms with van der Waals surface area (Å²) in [5.74, 6) is 0. The van der Waals surface area contributed by atoms with Gasteiger partial charge in [-0.3, -0.25) is 4.55 Å². The Hall–Kier alpha value is 1.45. The van der Waals surface area contributed by atoms with E-state index in [1.807, 2.05) is 0 Å². The Morgan fingerprint density at radius 1 is 1.38 bits per heavy atom. The molecule has 0 aromatic rings. The van der Waals surface area contributed by atoms with Gasteiger partial charge in [0.1, 0.15) is 0 Å². The van der Waals surface area contributed by atoms with Gasteiger partial charge in [-0.15, -0.1) is 0 Å². The van der Waals surface area contributed by atoms with E-state index in [9.17, 15) is 8.42 Å². The van der Waals surface area contributed by atoms with E-state index < -0.39 is 10.3 Å². The summed E-state index contributed by atoms with van der Waals surface area (Å²) < 4.78 is 26.5. The van der Waals surface area contributed by atoms with Gasteiger partial charge in [0.05, 0.1) is 0 Å². The summed E-state index contributed by atoms with van der Waals surface area (Å²) in [7, 11) is -4.38. The van der Waals surface area contributed by atoms with Gasteiger partial charge in [0.2, 0.25) is 0 Å². The molecule has 0 saturated carbocycles. The molecule has 8 heteroatoms. The molecule has 46 valence electrons. The van der Waals surface area contributed by atoms with E-state index in [1.54, 1.807) is 0 Å². The van der Waals surface area contributed by atoms with Crippen LogP contribution in [0.5, 0.6) is 0 Å². The first-order chi connectivity index (χ1) is 2.94. The van der Waals surface area contributed by atoms with Crippen LogP contribution in [0.25, 0.3) is 0 Å². The molecule has 0 unspecified atom stereocenters. The van der Waals surface area contributed by atoms with Crippen molar-refractivity contribution in [2.24, 2.45) is 0 Å². The quantitative estimate of drug-likeness (QED) is 0.352. The normalized spacial score (nSPS) is 11.0. The van der Waals surface area contributed by atoms with Gasteiger partial charge in [0.15, 0.2) is 0 Å². The van der Waals surface area contributed by atoms with Crippen molar-refractivity contribution in [3.8, 4) is 0 Å². The van der Waals surface area contributed by atoms with Gasteiger partial charge in [-0.2, -0.15) is 8.42 Å². The molecule has 0 heterocycles. The zero-order valence-electron chi connectivity index (χ0n) is 2.88. The monoisotopic (exact) mass is 189 g/mol. The fraction of sp³-hybridized carbons (Fsp3) is 0. The fourth-order valence-corrected chi connectivity index (χ4v) is 0. The van der Waals surface area contributed by atoms with Crippen LogP contribution in [0.15, 0.2) is 0 Å². The molecule has 1 N–H and O–H groups in total. The molecule has 0 saturated heterocycles. The average molecular weight is 190 g/mol. The molecule has 0 atom stereocenters. The van der Waals surface area contributed by atoms with Crippen molar-refractivity contribution in [3.05, 3.63) is 0 Å². The third-order valence-corrected chi connectivity index (χ3v) is 1.57. The van der Waals surface area contributed by atoms with Gasteiger partial charge in [0, 0.05) is 26.9 Å². The molecule has 0 spiro atoms. The maximum atomic E-state index is 9.55. The Bertz CT molecular complexity index is 139. The van der Waals surface area contributed by atoms with Gasteiger partial charge in [-0.05, 0) is 0 Å². The van der Waals surface area contributed by atoms with Crippen molar-refractivity contribution < 1.29 is 13.0 Å². The van der Waals surface area contributed by atoms with E-state index in [1.165, 1.54) is 0 Å². The molecule has 0 aromatic carbocycles. The number of hydrogen-bond donors (Lipinski definition) is 1. The molecule has 0 radical (unpaired) electrons. The zero-order chi connectivity index (χ0) is 6.08. The Morgan fingerprint density at radius 2 is 1.50 bits per heavy atom. The Morgan fingerprint density at radius 3 is 1.50 bits per heavy atom. The molecule has 0 amide bonds. The third kappa shape index (κ3) is 5.58. The van der Waals surface area contributed by atoms with Crippen molar-refractivity contribution in [2.45, 2.75) is 0 Å². The van der Waals surface area contributed by atoms with Crippen LogP contribution in [0.1, 0.15) is 0 Å². The van der Waals surface area contributed by atoms with Gasteiger partial charge >= 0.3 is 39.9 Å². The average Bonchev–Trinajstić information content (AvgIpc) is 1.31. The SMILES string of the molecule is O=S(=O)(O)N(Cl)Cl.[NaH]. The summed E-state index contributed by atoms with van der Waals surface area (Å²) in [6.07, 6.45) is 0. The Balaban J connectivity index is 0. The molecule has 8 heavy (non-hydrogen) atoms. The van der Waals surface area contributed by atoms with Crippen molar-refractivity contribution in [3.63, 3.8) is 0 Å². The maximum absolute atomic E-state index is 9.55. The van der Waals surface area contributed by atoms with Gasteiger partial charge in [-0.25, -0.2) is 0 Å². The Labute approximate surface area is 79.1 Å². The minimum atomic E-state index is -4.38. The first kappa shape index (κ1) is 12.2. The molecule has 0 fully saturated rings.